The monoisotopic (exact) mass is 234 g/mol. The van der Waals surface area contributed by atoms with E-state index in [1.54, 1.807) is 6.20 Å². The Labute approximate surface area is 103 Å². The van der Waals surface area contributed by atoms with Gasteiger partial charge < -0.3 is 5.32 Å². The topological polar surface area (TPSA) is 44.0 Å². The van der Waals surface area contributed by atoms with E-state index in [2.05, 4.69) is 33.9 Å². The Kier molecular flexibility index (Phi) is 4.34. The second kappa shape index (κ2) is 5.98. The lowest BCUT2D eigenvalue weighted by atomic mass is 10.0. The van der Waals surface area contributed by atoms with Crippen LogP contribution in [0, 0.1) is 0 Å². The van der Waals surface area contributed by atoms with Gasteiger partial charge in [-0.05, 0) is 38.9 Å². The summed E-state index contributed by atoms with van der Waals surface area (Å²) in [6, 6.07) is 2.66. The summed E-state index contributed by atoms with van der Waals surface area (Å²) in [4.78, 5) is 2.48. The molecule has 2 rings (SSSR count). The maximum atomic E-state index is 3.97. The quantitative estimate of drug-likeness (QED) is 0.760. The van der Waals surface area contributed by atoms with Gasteiger partial charge in [0.2, 0.25) is 0 Å². The van der Waals surface area contributed by atoms with E-state index in [1.807, 2.05) is 6.07 Å². The van der Waals surface area contributed by atoms with Crippen molar-refractivity contribution in [1.82, 2.24) is 20.4 Å². The highest BCUT2D eigenvalue weighted by Crippen LogP contribution is 2.11. The molecule has 0 unspecified atom stereocenters. The molecule has 2 N–H and O–H groups in total. The maximum Gasteiger partial charge on any atom is 0.0490 e. The van der Waals surface area contributed by atoms with Crippen LogP contribution < -0.4 is 5.32 Å². The summed E-state index contributed by atoms with van der Waals surface area (Å²) in [6.45, 7) is 10.4. The van der Waals surface area contributed by atoms with Crippen LogP contribution in [0.5, 0.6) is 0 Å². The highest BCUT2D eigenvalue weighted by atomic mass is 15.1. The van der Waals surface area contributed by atoms with E-state index in [-0.39, 0.29) is 0 Å². The molecule has 1 aromatic rings. The summed E-state index contributed by atoms with van der Waals surface area (Å²) in [7, 11) is 0. The smallest absolute Gasteiger partial charge is 0.0490 e. The van der Waals surface area contributed by atoms with E-state index in [0.29, 0.717) is 6.04 Å². The van der Waals surface area contributed by atoms with Gasteiger partial charge in [0.1, 0.15) is 0 Å². The van der Waals surface area contributed by atoms with Crippen molar-refractivity contribution in [2.24, 2.45) is 0 Å². The Morgan fingerprint density at radius 3 is 2.94 bits per heavy atom. The first-order chi connectivity index (χ1) is 8.24. The molecular formula is C13H22N4. The molecule has 1 saturated heterocycles. The zero-order valence-electron chi connectivity index (χ0n) is 10.6. The number of nitrogens with zero attached hydrogens (tertiary/aromatic N) is 2. The van der Waals surface area contributed by atoms with Crippen molar-refractivity contribution >= 4 is 0 Å². The van der Waals surface area contributed by atoms with Gasteiger partial charge in [-0.2, -0.15) is 5.10 Å². The fraction of sp³-hybridized carbons (Fsp3) is 0.615. The number of likely N-dealkylation sites (tertiary alicyclic amines) is 1. The van der Waals surface area contributed by atoms with Gasteiger partial charge in [-0.3, -0.25) is 10.00 Å². The average Bonchev–Trinajstić information content (AvgIpc) is 2.80. The molecule has 0 radical (unpaired) electrons. The van der Waals surface area contributed by atoms with Crippen molar-refractivity contribution < 1.29 is 0 Å². The van der Waals surface area contributed by atoms with E-state index in [4.69, 9.17) is 0 Å². The molecule has 94 valence electrons. The Morgan fingerprint density at radius 2 is 2.35 bits per heavy atom. The lowest BCUT2D eigenvalue weighted by Gasteiger charge is -2.32. The van der Waals surface area contributed by atoms with Crippen LogP contribution in [-0.4, -0.2) is 40.8 Å². The Bertz CT molecular complexity index is 336. The normalized spacial score (nSPS) is 18.4. The second-order valence-electron chi connectivity index (χ2n) is 4.97. The molecule has 0 aromatic carbocycles. The molecule has 1 aliphatic heterocycles. The minimum Gasteiger partial charge on any atom is -0.308 e. The fourth-order valence-electron chi connectivity index (χ4n) is 2.31. The van der Waals surface area contributed by atoms with Crippen LogP contribution in [0.25, 0.3) is 0 Å². The van der Waals surface area contributed by atoms with E-state index >= 15 is 0 Å². The lowest BCUT2D eigenvalue weighted by molar-refractivity contribution is 0.211. The molecule has 4 nitrogen and oxygen atoms in total. The third-order valence-electron chi connectivity index (χ3n) is 3.22. The third kappa shape index (κ3) is 3.98. The van der Waals surface area contributed by atoms with Crippen LogP contribution in [0.15, 0.2) is 24.4 Å². The predicted octanol–water partition coefficient (Wildman–Crippen LogP) is 1.54. The zero-order chi connectivity index (χ0) is 12.1. The van der Waals surface area contributed by atoms with E-state index in [9.17, 15) is 0 Å². The molecule has 2 heterocycles. The van der Waals surface area contributed by atoms with Crippen molar-refractivity contribution in [3.63, 3.8) is 0 Å². The van der Waals surface area contributed by atoms with Gasteiger partial charge in [-0.1, -0.05) is 12.2 Å². The summed E-state index contributed by atoms with van der Waals surface area (Å²) < 4.78 is 0. The minimum absolute atomic E-state index is 0.639. The minimum atomic E-state index is 0.639. The largest absolute Gasteiger partial charge is 0.308 e. The molecule has 0 aliphatic carbocycles. The van der Waals surface area contributed by atoms with Crippen molar-refractivity contribution in [3.8, 4) is 0 Å². The van der Waals surface area contributed by atoms with Crippen LogP contribution in [0.1, 0.15) is 25.5 Å². The van der Waals surface area contributed by atoms with Crippen molar-refractivity contribution in [2.75, 3.05) is 19.6 Å². The van der Waals surface area contributed by atoms with Crippen molar-refractivity contribution in [1.29, 1.82) is 0 Å². The number of hydrogen-bond acceptors (Lipinski definition) is 3. The molecular weight excluding hydrogens is 212 g/mol. The summed E-state index contributed by atoms with van der Waals surface area (Å²) >= 11 is 0. The van der Waals surface area contributed by atoms with Crippen LogP contribution in [0.2, 0.25) is 0 Å². The summed E-state index contributed by atoms with van der Waals surface area (Å²) in [5, 5.41) is 10.5. The van der Waals surface area contributed by atoms with Gasteiger partial charge in [0.25, 0.3) is 0 Å². The highest BCUT2D eigenvalue weighted by molar-refractivity contribution is 4.97. The van der Waals surface area contributed by atoms with E-state index in [1.165, 1.54) is 31.5 Å². The number of H-pyrrole nitrogens is 1. The summed E-state index contributed by atoms with van der Waals surface area (Å²) in [5.41, 5.74) is 2.42. The fourth-order valence-corrected chi connectivity index (χ4v) is 2.31. The summed E-state index contributed by atoms with van der Waals surface area (Å²) in [6.07, 6.45) is 4.25. The SMILES string of the molecule is C=C(C)CN1CCC(NCc2ccn[nH]2)CC1. The number of rotatable bonds is 5. The molecule has 0 atom stereocenters. The zero-order valence-corrected chi connectivity index (χ0v) is 10.6. The molecule has 0 bridgehead atoms. The maximum absolute atomic E-state index is 3.97. The Hall–Kier alpha value is -1.13. The van der Waals surface area contributed by atoms with Crippen LogP contribution in [0.4, 0.5) is 0 Å². The van der Waals surface area contributed by atoms with Crippen LogP contribution in [-0.2, 0) is 6.54 Å². The first-order valence-electron chi connectivity index (χ1n) is 6.32. The molecule has 1 fully saturated rings. The highest BCUT2D eigenvalue weighted by Gasteiger charge is 2.18. The van der Waals surface area contributed by atoms with Gasteiger partial charge in [-0.25, -0.2) is 0 Å². The molecule has 4 heteroatoms. The van der Waals surface area contributed by atoms with Gasteiger partial charge in [-0.15, -0.1) is 0 Å². The van der Waals surface area contributed by atoms with Gasteiger partial charge >= 0.3 is 0 Å². The molecule has 0 amide bonds. The first kappa shape index (κ1) is 12.3. The third-order valence-corrected chi connectivity index (χ3v) is 3.22. The lowest BCUT2D eigenvalue weighted by Crippen LogP contribution is -2.42. The second-order valence-corrected chi connectivity index (χ2v) is 4.97. The van der Waals surface area contributed by atoms with Gasteiger partial charge in [0, 0.05) is 31.0 Å². The predicted molar refractivity (Wildman–Crippen MR) is 69.7 cm³/mol. The van der Waals surface area contributed by atoms with Crippen molar-refractivity contribution in [2.45, 2.75) is 32.4 Å². The standard InChI is InChI=1S/C13H22N4/c1-11(2)10-17-7-4-12(5-8-17)14-9-13-3-6-15-16-13/h3,6,12,14H,1,4-5,7-10H2,2H3,(H,15,16). The number of hydrogen-bond donors (Lipinski definition) is 2. The van der Waals surface area contributed by atoms with E-state index < -0.39 is 0 Å². The number of aromatic amines is 1. The van der Waals surface area contributed by atoms with Crippen LogP contribution in [0.3, 0.4) is 0 Å². The van der Waals surface area contributed by atoms with Crippen molar-refractivity contribution in [3.05, 3.63) is 30.1 Å². The molecule has 17 heavy (non-hydrogen) atoms. The Balaban J connectivity index is 1.67. The first-order valence-corrected chi connectivity index (χ1v) is 6.32. The van der Waals surface area contributed by atoms with E-state index in [0.717, 1.165) is 18.8 Å². The number of aromatic nitrogens is 2. The molecule has 1 aliphatic rings. The average molecular weight is 234 g/mol. The number of nitrogens with one attached hydrogen (secondary N) is 2. The molecule has 1 aromatic heterocycles. The van der Waals surface area contributed by atoms with Gasteiger partial charge in [0.05, 0.1) is 0 Å². The van der Waals surface area contributed by atoms with Crippen LogP contribution >= 0.6 is 0 Å². The van der Waals surface area contributed by atoms with Gasteiger partial charge in [0.15, 0.2) is 0 Å². The number of piperidine rings is 1. The summed E-state index contributed by atoms with van der Waals surface area (Å²) in [5.74, 6) is 0. The molecule has 0 spiro atoms. The molecule has 0 saturated carbocycles. The Morgan fingerprint density at radius 1 is 1.59 bits per heavy atom.